The fourth-order valence-corrected chi connectivity index (χ4v) is 1.69. The molecule has 4 nitrogen and oxygen atoms in total. The molecule has 0 aliphatic carbocycles. The highest BCUT2D eigenvalue weighted by Gasteiger charge is 2.09. The Kier molecular flexibility index (Phi) is 5.47. The summed E-state index contributed by atoms with van der Waals surface area (Å²) < 4.78 is 11.1. The van der Waals surface area contributed by atoms with Gasteiger partial charge >= 0.3 is 7.12 Å². The van der Waals surface area contributed by atoms with Gasteiger partial charge in [0.2, 0.25) is 0 Å². The third kappa shape index (κ3) is 4.61. The van der Waals surface area contributed by atoms with Crippen LogP contribution in [0, 0.1) is 0 Å². The van der Waals surface area contributed by atoms with E-state index in [1.54, 1.807) is 24.3 Å². The maximum atomic E-state index is 8.97. The molecule has 0 saturated carbocycles. The SMILES string of the molecule is OB(O)c1ccc(OCCCOc2ccccc2)cc1. The Morgan fingerprint density at radius 3 is 1.85 bits per heavy atom. The van der Waals surface area contributed by atoms with Gasteiger partial charge in [-0.15, -0.1) is 0 Å². The molecule has 0 aliphatic heterocycles. The summed E-state index contributed by atoms with van der Waals surface area (Å²) >= 11 is 0. The molecule has 0 fully saturated rings. The molecule has 2 rings (SSSR count). The molecule has 0 spiro atoms. The minimum absolute atomic E-state index is 0.449. The zero-order valence-corrected chi connectivity index (χ0v) is 11.1. The first-order valence-electron chi connectivity index (χ1n) is 6.52. The Hall–Kier alpha value is -1.98. The van der Waals surface area contributed by atoms with Crippen molar-refractivity contribution in [1.29, 1.82) is 0 Å². The molecule has 104 valence electrons. The van der Waals surface area contributed by atoms with E-state index in [1.165, 1.54) is 0 Å². The van der Waals surface area contributed by atoms with Crippen molar-refractivity contribution < 1.29 is 19.5 Å². The number of hydrogen-bond donors (Lipinski definition) is 2. The molecule has 2 N–H and O–H groups in total. The lowest BCUT2D eigenvalue weighted by Crippen LogP contribution is -2.29. The second kappa shape index (κ2) is 7.57. The van der Waals surface area contributed by atoms with E-state index < -0.39 is 7.12 Å². The van der Waals surface area contributed by atoms with Crippen LogP contribution in [0.1, 0.15) is 6.42 Å². The van der Waals surface area contributed by atoms with E-state index in [0.29, 0.717) is 24.4 Å². The lowest BCUT2D eigenvalue weighted by atomic mass is 9.80. The van der Waals surface area contributed by atoms with Gasteiger partial charge in [-0.05, 0) is 29.7 Å². The minimum Gasteiger partial charge on any atom is -0.493 e. The van der Waals surface area contributed by atoms with Gasteiger partial charge in [0.15, 0.2) is 0 Å². The van der Waals surface area contributed by atoms with Crippen LogP contribution in [-0.4, -0.2) is 30.4 Å². The standard InChI is InChI=1S/C15H17BO4/c17-16(18)13-7-9-15(10-8-13)20-12-4-11-19-14-5-2-1-3-6-14/h1-3,5-10,17-18H,4,11-12H2. The van der Waals surface area contributed by atoms with Crippen LogP contribution in [0.2, 0.25) is 0 Å². The first-order chi connectivity index (χ1) is 9.75. The first-order valence-corrected chi connectivity index (χ1v) is 6.52. The van der Waals surface area contributed by atoms with Crippen LogP contribution in [0.4, 0.5) is 0 Å². The van der Waals surface area contributed by atoms with Crippen molar-refractivity contribution >= 4 is 12.6 Å². The quantitative estimate of drug-likeness (QED) is 0.587. The van der Waals surface area contributed by atoms with E-state index in [1.807, 2.05) is 30.3 Å². The highest BCUT2D eigenvalue weighted by molar-refractivity contribution is 6.58. The van der Waals surface area contributed by atoms with Gasteiger partial charge in [0.25, 0.3) is 0 Å². The molecule has 0 radical (unpaired) electrons. The maximum Gasteiger partial charge on any atom is 0.488 e. The zero-order valence-electron chi connectivity index (χ0n) is 11.1. The van der Waals surface area contributed by atoms with E-state index >= 15 is 0 Å². The van der Waals surface area contributed by atoms with E-state index in [-0.39, 0.29) is 0 Å². The largest absolute Gasteiger partial charge is 0.493 e. The average molecular weight is 272 g/mol. The van der Waals surface area contributed by atoms with Gasteiger partial charge in [0, 0.05) is 6.42 Å². The second-order valence-electron chi connectivity index (χ2n) is 4.31. The van der Waals surface area contributed by atoms with Gasteiger partial charge in [-0.25, -0.2) is 0 Å². The van der Waals surface area contributed by atoms with Gasteiger partial charge in [-0.3, -0.25) is 0 Å². The molecule has 0 atom stereocenters. The molecule has 0 amide bonds. The smallest absolute Gasteiger partial charge is 0.488 e. The summed E-state index contributed by atoms with van der Waals surface area (Å²) in [5.74, 6) is 1.56. The molecule has 0 aliphatic rings. The highest BCUT2D eigenvalue weighted by Crippen LogP contribution is 2.10. The first kappa shape index (κ1) is 14.4. The van der Waals surface area contributed by atoms with Crippen molar-refractivity contribution in [2.45, 2.75) is 6.42 Å². The summed E-state index contributed by atoms with van der Waals surface area (Å²) in [7, 11) is -1.44. The summed E-state index contributed by atoms with van der Waals surface area (Å²) in [6, 6.07) is 16.3. The van der Waals surface area contributed by atoms with Crippen molar-refractivity contribution in [3.8, 4) is 11.5 Å². The average Bonchev–Trinajstić information content (AvgIpc) is 2.48. The van der Waals surface area contributed by atoms with Crippen LogP contribution in [0.25, 0.3) is 0 Å². The third-order valence-electron chi connectivity index (χ3n) is 2.75. The number of para-hydroxylation sites is 1. The van der Waals surface area contributed by atoms with Crippen molar-refractivity contribution in [3.05, 3.63) is 54.6 Å². The Bertz CT molecular complexity index is 499. The molecule has 0 aromatic heterocycles. The van der Waals surface area contributed by atoms with Gasteiger partial charge in [0.1, 0.15) is 11.5 Å². The summed E-state index contributed by atoms with van der Waals surface area (Å²) in [5, 5.41) is 17.9. The molecule has 0 bridgehead atoms. The number of hydrogen-bond acceptors (Lipinski definition) is 4. The highest BCUT2D eigenvalue weighted by atomic mass is 16.5. The molecule has 2 aromatic carbocycles. The Morgan fingerprint density at radius 2 is 1.30 bits per heavy atom. The topological polar surface area (TPSA) is 58.9 Å². The van der Waals surface area contributed by atoms with Crippen molar-refractivity contribution in [2.75, 3.05) is 13.2 Å². The van der Waals surface area contributed by atoms with Crippen molar-refractivity contribution in [2.24, 2.45) is 0 Å². The molecule has 0 heterocycles. The summed E-state index contributed by atoms with van der Waals surface area (Å²) in [6.07, 6.45) is 0.777. The summed E-state index contributed by atoms with van der Waals surface area (Å²) in [6.45, 7) is 1.14. The number of rotatable bonds is 7. The van der Waals surface area contributed by atoms with Crippen LogP contribution in [0.15, 0.2) is 54.6 Å². The fraction of sp³-hybridized carbons (Fsp3) is 0.200. The van der Waals surface area contributed by atoms with E-state index in [4.69, 9.17) is 19.5 Å². The molecular formula is C15H17BO4. The van der Waals surface area contributed by atoms with Crippen molar-refractivity contribution in [1.82, 2.24) is 0 Å². The molecular weight excluding hydrogens is 255 g/mol. The fourth-order valence-electron chi connectivity index (χ4n) is 1.69. The van der Waals surface area contributed by atoms with E-state index in [2.05, 4.69) is 0 Å². The Labute approximate surface area is 118 Å². The minimum atomic E-state index is -1.44. The second-order valence-corrected chi connectivity index (χ2v) is 4.31. The predicted octanol–water partition coefficient (Wildman–Crippen LogP) is 1.21. The molecule has 0 unspecified atom stereocenters. The molecule has 2 aromatic rings. The van der Waals surface area contributed by atoms with Crippen LogP contribution >= 0.6 is 0 Å². The Balaban J connectivity index is 1.66. The normalized spacial score (nSPS) is 10.1. The van der Waals surface area contributed by atoms with Crippen LogP contribution in [0.5, 0.6) is 11.5 Å². The summed E-state index contributed by atoms with van der Waals surface area (Å²) in [4.78, 5) is 0. The van der Waals surface area contributed by atoms with Crippen LogP contribution in [0.3, 0.4) is 0 Å². The van der Waals surface area contributed by atoms with E-state index in [9.17, 15) is 0 Å². The molecule has 0 saturated heterocycles. The molecule has 20 heavy (non-hydrogen) atoms. The third-order valence-corrected chi connectivity index (χ3v) is 2.75. The van der Waals surface area contributed by atoms with Crippen LogP contribution < -0.4 is 14.9 Å². The van der Waals surface area contributed by atoms with Crippen LogP contribution in [-0.2, 0) is 0 Å². The summed E-state index contributed by atoms with van der Waals surface area (Å²) in [5.41, 5.74) is 0.449. The lowest BCUT2D eigenvalue weighted by molar-refractivity contribution is 0.247. The van der Waals surface area contributed by atoms with Crippen molar-refractivity contribution in [3.63, 3.8) is 0 Å². The number of ether oxygens (including phenoxy) is 2. The van der Waals surface area contributed by atoms with Gasteiger partial charge in [0.05, 0.1) is 13.2 Å². The lowest BCUT2D eigenvalue weighted by Gasteiger charge is -2.08. The molecule has 5 heteroatoms. The van der Waals surface area contributed by atoms with Gasteiger partial charge in [-0.2, -0.15) is 0 Å². The van der Waals surface area contributed by atoms with Gasteiger partial charge in [-0.1, -0.05) is 30.3 Å². The number of benzene rings is 2. The van der Waals surface area contributed by atoms with Gasteiger partial charge < -0.3 is 19.5 Å². The maximum absolute atomic E-state index is 8.97. The zero-order chi connectivity index (χ0) is 14.2. The monoisotopic (exact) mass is 272 g/mol. The Morgan fingerprint density at radius 1 is 0.750 bits per heavy atom. The van der Waals surface area contributed by atoms with E-state index in [0.717, 1.165) is 12.2 Å². The predicted molar refractivity (Wildman–Crippen MR) is 78.3 cm³/mol.